The molecule has 0 bridgehead atoms. The molecule has 0 aliphatic heterocycles. The van der Waals surface area contributed by atoms with Gasteiger partial charge < -0.3 is 4.90 Å². The van der Waals surface area contributed by atoms with Crippen LogP contribution in [0.2, 0.25) is 0 Å². The number of nitro groups is 1. The number of fused-ring (bicyclic) bond motifs is 1. The Morgan fingerprint density at radius 2 is 1.67 bits per heavy atom. The molecule has 0 amide bonds. The molecule has 2 aromatic carbocycles. The van der Waals surface area contributed by atoms with Crippen LogP contribution in [0, 0.1) is 10.1 Å². The SMILES string of the molecule is CCN(CC)c1ccc([N+](=O)[O-])c2ccccc12. The van der Waals surface area contributed by atoms with Crippen molar-refractivity contribution in [2.24, 2.45) is 0 Å². The molecule has 94 valence electrons. The minimum Gasteiger partial charge on any atom is -0.372 e. The fraction of sp³-hybridized carbons (Fsp3) is 0.286. The molecule has 0 aliphatic rings. The molecule has 2 aromatic rings. The molecule has 0 radical (unpaired) electrons. The van der Waals surface area contributed by atoms with Crippen molar-refractivity contribution in [3.63, 3.8) is 0 Å². The molecule has 0 atom stereocenters. The van der Waals surface area contributed by atoms with Gasteiger partial charge in [0.1, 0.15) is 0 Å². The molecule has 0 saturated heterocycles. The maximum atomic E-state index is 11.0. The average molecular weight is 244 g/mol. The van der Waals surface area contributed by atoms with E-state index in [4.69, 9.17) is 0 Å². The van der Waals surface area contributed by atoms with Gasteiger partial charge >= 0.3 is 0 Å². The second-order valence-electron chi connectivity index (χ2n) is 4.08. The number of anilines is 1. The zero-order valence-electron chi connectivity index (χ0n) is 10.6. The first kappa shape index (κ1) is 12.4. The van der Waals surface area contributed by atoms with Gasteiger partial charge in [0.25, 0.3) is 5.69 Å². The van der Waals surface area contributed by atoms with E-state index in [-0.39, 0.29) is 10.6 Å². The van der Waals surface area contributed by atoms with Gasteiger partial charge in [-0.15, -0.1) is 0 Å². The predicted octanol–water partition coefficient (Wildman–Crippen LogP) is 3.59. The number of hydrogen-bond acceptors (Lipinski definition) is 3. The van der Waals surface area contributed by atoms with Gasteiger partial charge in [0.05, 0.1) is 10.3 Å². The van der Waals surface area contributed by atoms with E-state index in [1.165, 1.54) is 0 Å². The third-order valence-electron chi connectivity index (χ3n) is 3.18. The molecule has 0 fully saturated rings. The Morgan fingerprint density at radius 1 is 1.06 bits per heavy atom. The molecule has 0 aliphatic carbocycles. The highest BCUT2D eigenvalue weighted by atomic mass is 16.6. The minimum absolute atomic E-state index is 0.168. The molecule has 4 nitrogen and oxygen atoms in total. The standard InChI is InChI=1S/C14H16N2O2/c1-3-15(4-2)13-9-10-14(16(17)18)12-8-6-5-7-11(12)13/h5-10H,3-4H2,1-2H3. The summed E-state index contributed by atoms with van der Waals surface area (Å²) in [6.07, 6.45) is 0. The van der Waals surface area contributed by atoms with Crippen LogP contribution in [-0.4, -0.2) is 18.0 Å². The van der Waals surface area contributed by atoms with Crippen molar-refractivity contribution < 1.29 is 4.92 Å². The third-order valence-corrected chi connectivity index (χ3v) is 3.18. The van der Waals surface area contributed by atoms with E-state index in [0.717, 1.165) is 24.2 Å². The molecule has 4 heteroatoms. The van der Waals surface area contributed by atoms with Gasteiger partial charge in [-0.25, -0.2) is 0 Å². The Kier molecular flexibility index (Phi) is 3.46. The van der Waals surface area contributed by atoms with Crippen molar-refractivity contribution in [1.29, 1.82) is 0 Å². The Morgan fingerprint density at radius 3 is 2.22 bits per heavy atom. The van der Waals surface area contributed by atoms with Crippen LogP contribution in [-0.2, 0) is 0 Å². The number of non-ortho nitro benzene ring substituents is 1. The van der Waals surface area contributed by atoms with Gasteiger partial charge in [0, 0.05) is 30.2 Å². The minimum atomic E-state index is -0.325. The molecule has 0 heterocycles. The Labute approximate surface area is 106 Å². The lowest BCUT2D eigenvalue weighted by atomic mass is 10.1. The number of nitro benzene ring substituents is 1. The summed E-state index contributed by atoms with van der Waals surface area (Å²) < 4.78 is 0. The summed E-state index contributed by atoms with van der Waals surface area (Å²) in [5.41, 5.74) is 1.22. The topological polar surface area (TPSA) is 46.4 Å². The van der Waals surface area contributed by atoms with Crippen LogP contribution in [0.4, 0.5) is 11.4 Å². The number of hydrogen-bond donors (Lipinski definition) is 0. The molecule has 2 rings (SSSR count). The molecule has 0 unspecified atom stereocenters. The quantitative estimate of drug-likeness (QED) is 0.610. The number of benzene rings is 2. The smallest absolute Gasteiger partial charge is 0.277 e. The predicted molar refractivity (Wildman–Crippen MR) is 74.2 cm³/mol. The van der Waals surface area contributed by atoms with Crippen LogP contribution in [0.25, 0.3) is 10.8 Å². The van der Waals surface area contributed by atoms with Crippen molar-refractivity contribution in [2.45, 2.75) is 13.8 Å². The summed E-state index contributed by atoms with van der Waals surface area (Å²) in [5.74, 6) is 0. The summed E-state index contributed by atoms with van der Waals surface area (Å²) in [6.45, 7) is 5.94. The Hall–Kier alpha value is -2.10. The highest BCUT2D eigenvalue weighted by Gasteiger charge is 2.15. The molecule has 0 aromatic heterocycles. The lowest BCUT2D eigenvalue weighted by molar-refractivity contribution is -0.383. The maximum absolute atomic E-state index is 11.0. The van der Waals surface area contributed by atoms with E-state index in [0.29, 0.717) is 5.39 Å². The summed E-state index contributed by atoms with van der Waals surface area (Å²) in [4.78, 5) is 12.9. The zero-order chi connectivity index (χ0) is 13.1. The number of nitrogens with zero attached hydrogens (tertiary/aromatic N) is 2. The normalized spacial score (nSPS) is 10.6. The van der Waals surface area contributed by atoms with Gasteiger partial charge in [0.15, 0.2) is 0 Å². The first-order valence-corrected chi connectivity index (χ1v) is 6.10. The molecule has 18 heavy (non-hydrogen) atoms. The average Bonchev–Trinajstić information content (AvgIpc) is 2.39. The second-order valence-corrected chi connectivity index (χ2v) is 4.08. The van der Waals surface area contributed by atoms with E-state index < -0.39 is 0 Å². The third kappa shape index (κ3) is 2.01. The van der Waals surface area contributed by atoms with Crippen LogP contribution < -0.4 is 4.90 Å². The van der Waals surface area contributed by atoms with Crippen LogP contribution in [0.1, 0.15) is 13.8 Å². The number of rotatable bonds is 4. The Bertz CT molecular complexity index is 577. The second kappa shape index (κ2) is 5.04. The maximum Gasteiger partial charge on any atom is 0.277 e. The van der Waals surface area contributed by atoms with E-state index in [2.05, 4.69) is 18.7 Å². The van der Waals surface area contributed by atoms with Gasteiger partial charge in [-0.3, -0.25) is 10.1 Å². The van der Waals surface area contributed by atoms with Crippen LogP contribution in [0.3, 0.4) is 0 Å². The van der Waals surface area contributed by atoms with E-state index >= 15 is 0 Å². The lowest BCUT2D eigenvalue weighted by Crippen LogP contribution is -2.22. The fourth-order valence-corrected chi connectivity index (χ4v) is 2.27. The molecule has 0 N–H and O–H groups in total. The summed E-state index contributed by atoms with van der Waals surface area (Å²) in [5, 5.41) is 12.7. The largest absolute Gasteiger partial charge is 0.372 e. The van der Waals surface area contributed by atoms with Gasteiger partial charge in [0.2, 0.25) is 0 Å². The summed E-state index contributed by atoms with van der Waals surface area (Å²) in [6, 6.07) is 10.9. The van der Waals surface area contributed by atoms with Gasteiger partial charge in [-0.2, -0.15) is 0 Å². The molecule has 0 spiro atoms. The molecule has 0 saturated carbocycles. The first-order valence-electron chi connectivity index (χ1n) is 6.10. The first-order chi connectivity index (χ1) is 8.69. The van der Waals surface area contributed by atoms with Crippen LogP contribution in [0.15, 0.2) is 36.4 Å². The lowest BCUT2D eigenvalue weighted by Gasteiger charge is -2.22. The van der Waals surface area contributed by atoms with Crippen molar-refractivity contribution in [3.8, 4) is 0 Å². The Balaban J connectivity index is 2.71. The highest BCUT2D eigenvalue weighted by molar-refractivity contribution is 6.00. The van der Waals surface area contributed by atoms with Crippen molar-refractivity contribution in [1.82, 2.24) is 0 Å². The van der Waals surface area contributed by atoms with Gasteiger partial charge in [-0.05, 0) is 26.0 Å². The molecular formula is C14H16N2O2. The zero-order valence-corrected chi connectivity index (χ0v) is 10.6. The van der Waals surface area contributed by atoms with Crippen molar-refractivity contribution in [2.75, 3.05) is 18.0 Å². The molecular weight excluding hydrogens is 228 g/mol. The summed E-state index contributed by atoms with van der Waals surface area (Å²) in [7, 11) is 0. The fourth-order valence-electron chi connectivity index (χ4n) is 2.27. The summed E-state index contributed by atoms with van der Waals surface area (Å²) >= 11 is 0. The highest BCUT2D eigenvalue weighted by Crippen LogP contribution is 2.33. The van der Waals surface area contributed by atoms with Crippen molar-refractivity contribution >= 4 is 22.1 Å². The van der Waals surface area contributed by atoms with E-state index in [1.807, 2.05) is 24.3 Å². The van der Waals surface area contributed by atoms with Crippen molar-refractivity contribution in [3.05, 3.63) is 46.5 Å². The monoisotopic (exact) mass is 244 g/mol. The van der Waals surface area contributed by atoms with Gasteiger partial charge in [-0.1, -0.05) is 18.2 Å². The van der Waals surface area contributed by atoms with E-state index in [9.17, 15) is 10.1 Å². The van der Waals surface area contributed by atoms with E-state index in [1.54, 1.807) is 12.1 Å². The van der Waals surface area contributed by atoms with Crippen LogP contribution in [0.5, 0.6) is 0 Å². The van der Waals surface area contributed by atoms with Crippen LogP contribution >= 0.6 is 0 Å².